The Hall–Kier alpha value is -2.26. The molecule has 2 aromatic carbocycles. The Balaban J connectivity index is 1.83. The highest BCUT2D eigenvalue weighted by Gasteiger charge is 2.24. The van der Waals surface area contributed by atoms with Crippen LogP contribution < -0.4 is 5.32 Å². The predicted octanol–water partition coefficient (Wildman–Crippen LogP) is 4.99. The topological polar surface area (TPSA) is 79.4 Å². The third-order valence-electron chi connectivity index (χ3n) is 4.47. The van der Waals surface area contributed by atoms with Crippen LogP contribution in [0.3, 0.4) is 0 Å². The minimum absolute atomic E-state index is 0.00232. The highest BCUT2D eigenvalue weighted by atomic mass is 35.5. The number of hydrogen-bond donors (Lipinski definition) is 1. The first kappa shape index (κ1) is 22.4. The van der Waals surface area contributed by atoms with E-state index in [1.54, 1.807) is 0 Å². The Morgan fingerprint density at radius 2 is 1.90 bits per heavy atom. The number of amides is 1. The quantitative estimate of drug-likeness (QED) is 0.535. The number of halogens is 1. The maximum atomic E-state index is 13.0. The molecular weight excluding hydrogens is 442 g/mol. The van der Waals surface area contributed by atoms with Crippen LogP contribution in [0.25, 0.3) is 0 Å². The minimum atomic E-state index is -3.81. The summed E-state index contributed by atoms with van der Waals surface area (Å²) in [6.07, 6.45) is 0. The van der Waals surface area contributed by atoms with Crippen molar-refractivity contribution in [1.82, 2.24) is 9.29 Å². The van der Waals surface area contributed by atoms with Crippen LogP contribution in [0.1, 0.15) is 41.4 Å². The highest BCUT2D eigenvalue weighted by molar-refractivity contribution is 7.89. The molecule has 0 spiro atoms. The number of carbonyl (C=O) groups excluding carboxylic acids is 1. The molecule has 3 rings (SSSR count). The Bertz CT molecular complexity index is 1150. The first-order chi connectivity index (χ1) is 14.2. The normalized spacial score (nSPS) is 11.8. The van der Waals surface area contributed by atoms with Crippen LogP contribution in [0.15, 0.2) is 58.8 Å². The zero-order valence-electron chi connectivity index (χ0n) is 16.8. The molecule has 3 aromatic rings. The summed E-state index contributed by atoms with van der Waals surface area (Å²) in [5.41, 5.74) is 1.81. The molecule has 158 valence electrons. The largest absolute Gasteiger partial charge is 0.298 e. The summed E-state index contributed by atoms with van der Waals surface area (Å²) < 4.78 is 27.2. The van der Waals surface area contributed by atoms with Gasteiger partial charge in [-0.1, -0.05) is 55.8 Å². The molecule has 0 atom stereocenters. The van der Waals surface area contributed by atoms with Gasteiger partial charge in [0.1, 0.15) is 0 Å². The molecule has 0 unspecified atom stereocenters. The van der Waals surface area contributed by atoms with E-state index >= 15 is 0 Å². The Morgan fingerprint density at radius 3 is 2.53 bits per heavy atom. The summed E-state index contributed by atoms with van der Waals surface area (Å²) in [7, 11) is -2.31. The van der Waals surface area contributed by atoms with Gasteiger partial charge < -0.3 is 0 Å². The highest BCUT2D eigenvalue weighted by Crippen LogP contribution is 2.26. The zero-order valence-corrected chi connectivity index (χ0v) is 19.2. The number of thiazole rings is 1. The van der Waals surface area contributed by atoms with Gasteiger partial charge in [-0.05, 0) is 29.7 Å². The number of benzene rings is 2. The first-order valence-electron chi connectivity index (χ1n) is 9.25. The van der Waals surface area contributed by atoms with E-state index in [4.69, 9.17) is 11.6 Å². The molecule has 0 aliphatic heterocycles. The number of hydrogen-bond acceptors (Lipinski definition) is 5. The predicted molar refractivity (Wildman–Crippen MR) is 121 cm³/mol. The zero-order chi connectivity index (χ0) is 21.9. The molecule has 30 heavy (non-hydrogen) atoms. The molecule has 0 aliphatic rings. The summed E-state index contributed by atoms with van der Waals surface area (Å²) in [5, 5.41) is 5.18. The third-order valence-corrected chi connectivity index (χ3v) is 7.38. The smallest absolute Gasteiger partial charge is 0.259 e. The van der Waals surface area contributed by atoms with Crippen molar-refractivity contribution < 1.29 is 13.2 Å². The summed E-state index contributed by atoms with van der Waals surface area (Å²) in [6, 6.07) is 13.4. The van der Waals surface area contributed by atoms with Gasteiger partial charge in [-0.3, -0.25) is 10.1 Å². The van der Waals surface area contributed by atoms with E-state index in [1.165, 1.54) is 40.9 Å². The van der Waals surface area contributed by atoms with E-state index in [2.05, 4.69) is 10.3 Å². The minimum Gasteiger partial charge on any atom is -0.298 e. The van der Waals surface area contributed by atoms with Crippen LogP contribution in [0.2, 0.25) is 5.02 Å². The standard InChI is InChI=1S/C21H22ClN3O3S2/c1-14(2)19-13-29-21(23-19)24-20(26)17-11-16(9-10-18(17)22)30(27,28)25(3)12-15-7-5-4-6-8-15/h4-11,13-14H,12H2,1-3H3,(H,23,24,26). The van der Waals surface area contributed by atoms with Crippen LogP contribution in [0.4, 0.5) is 5.13 Å². The van der Waals surface area contributed by atoms with Crippen molar-refractivity contribution in [1.29, 1.82) is 0 Å². The van der Waals surface area contributed by atoms with Gasteiger partial charge in [0.05, 0.1) is 21.2 Å². The van der Waals surface area contributed by atoms with Gasteiger partial charge >= 0.3 is 0 Å². The lowest BCUT2D eigenvalue weighted by atomic mass is 10.2. The van der Waals surface area contributed by atoms with E-state index in [0.29, 0.717) is 5.13 Å². The molecular formula is C21H22ClN3O3S2. The monoisotopic (exact) mass is 463 g/mol. The lowest BCUT2D eigenvalue weighted by Gasteiger charge is -2.18. The number of aromatic nitrogens is 1. The summed E-state index contributed by atoms with van der Waals surface area (Å²) >= 11 is 7.50. The summed E-state index contributed by atoms with van der Waals surface area (Å²) in [5.74, 6) is -0.267. The second-order valence-corrected chi connectivity index (χ2v) is 10.4. The number of sulfonamides is 1. The maximum Gasteiger partial charge on any atom is 0.259 e. The van der Waals surface area contributed by atoms with Crippen molar-refractivity contribution in [2.75, 3.05) is 12.4 Å². The van der Waals surface area contributed by atoms with Gasteiger partial charge in [-0.2, -0.15) is 4.31 Å². The Morgan fingerprint density at radius 1 is 1.20 bits per heavy atom. The van der Waals surface area contributed by atoms with Gasteiger partial charge in [-0.25, -0.2) is 13.4 Å². The Labute approximate surface area is 185 Å². The molecule has 0 saturated carbocycles. The first-order valence-corrected chi connectivity index (χ1v) is 11.9. The van der Waals surface area contributed by atoms with Gasteiger partial charge in [0.2, 0.25) is 10.0 Å². The average molecular weight is 464 g/mol. The van der Waals surface area contributed by atoms with Gasteiger partial charge in [0.15, 0.2) is 5.13 Å². The van der Waals surface area contributed by atoms with E-state index in [9.17, 15) is 13.2 Å². The molecule has 0 bridgehead atoms. The van der Waals surface area contributed by atoms with Gasteiger partial charge in [-0.15, -0.1) is 11.3 Å². The number of nitrogens with one attached hydrogen (secondary N) is 1. The molecule has 6 nitrogen and oxygen atoms in total. The fourth-order valence-corrected chi connectivity index (χ4v) is 4.97. The van der Waals surface area contributed by atoms with E-state index in [1.807, 2.05) is 49.6 Å². The van der Waals surface area contributed by atoms with Crippen molar-refractivity contribution in [3.63, 3.8) is 0 Å². The molecule has 0 radical (unpaired) electrons. The molecule has 1 heterocycles. The van der Waals surface area contributed by atoms with E-state index < -0.39 is 15.9 Å². The van der Waals surface area contributed by atoms with E-state index in [-0.39, 0.29) is 27.9 Å². The van der Waals surface area contributed by atoms with Crippen LogP contribution >= 0.6 is 22.9 Å². The SMILES string of the molecule is CC(C)c1csc(NC(=O)c2cc(S(=O)(=O)N(C)Cc3ccccc3)ccc2Cl)n1. The second-order valence-electron chi connectivity index (χ2n) is 7.07. The van der Waals surface area contributed by atoms with Gasteiger partial charge in [0, 0.05) is 19.0 Å². The Kier molecular flexibility index (Phi) is 6.92. The molecule has 1 aromatic heterocycles. The molecule has 1 amide bonds. The number of anilines is 1. The second kappa shape index (κ2) is 9.26. The third kappa shape index (κ3) is 5.07. The van der Waals surface area contributed by atoms with Crippen LogP contribution in [0.5, 0.6) is 0 Å². The van der Waals surface area contributed by atoms with Crippen molar-refractivity contribution in [2.45, 2.75) is 31.2 Å². The van der Waals surface area contributed by atoms with E-state index in [0.717, 1.165) is 11.3 Å². The summed E-state index contributed by atoms with van der Waals surface area (Å²) in [6.45, 7) is 4.24. The number of carbonyl (C=O) groups is 1. The average Bonchev–Trinajstić information content (AvgIpc) is 3.17. The fourth-order valence-electron chi connectivity index (χ4n) is 2.72. The van der Waals surface area contributed by atoms with Crippen molar-refractivity contribution >= 4 is 44.0 Å². The number of nitrogens with zero attached hydrogens (tertiary/aromatic N) is 2. The van der Waals surface area contributed by atoms with Crippen LogP contribution in [0, 0.1) is 0 Å². The molecule has 0 aliphatic carbocycles. The molecule has 1 N–H and O–H groups in total. The van der Waals surface area contributed by atoms with Crippen molar-refractivity contribution in [2.24, 2.45) is 0 Å². The van der Waals surface area contributed by atoms with Crippen molar-refractivity contribution in [3.05, 3.63) is 75.8 Å². The maximum absolute atomic E-state index is 13.0. The van der Waals surface area contributed by atoms with Crippen LogP contribution in [-0.2, 0) is 16.6 Å². The lowest BCUT2D eigenvalue weighted by Crippen LogP contribution is -2.27. The fraction of sp³-hybridized carbons (Fsp3) is 0.238. The van der Waals surface area contributed by atoms with Crippen LogP contribution in [-0.4, -0.2) is 30.7 Å². The van der Waals surface area contributed by atoms with Crippen molar-refractivity contribution in [3.8, 4) is 0 Å². The lowest BCUT2D eigenvalue weighted by molar-refractivity contribution is 0.102. The molecule has 9 heteroatoms. The number of rotatable bonds is 7. The van der Waals surface area contributed by atoms with Gasteiger partial charge in [0.25, 0.3) is 5.91 Å². The molecule has 0 saturated heterocycles. The molecule has 0 fully saturated rings. The summed E-state index contributed by atoms with van der Waals surface area (Å²) in [4.78, 5) is 17.1.